The van der Waals surface area contributed by atoms with Gasteiger partial charge >= 0.3 is 0 Å². The summed E-state index contributed by atoms with van der Waals surface area (Å²) in [5.41, 5.74) is 5.79. The molecule has 0 spiro atoms. The number of nitrogens with zero attached hydrogens (tertiary/aromatic N) is 1. The highest BCUT2D eigenvalue weighted by molar-refractivity contribution is 7.90. The number of rotatable bonds is 3. The average molecular weight is 328 g/mol. The van der Waals surface area contributed by atoms with Crippen LogP contribution in [0.1, 0.15) is 47.9 Å². The second-order valence-electron chi connectivity index (χ2n) is 6.72. The van der Waals surface area contributed by atoms with E-state index < -0.39 is 9.84 Å². The lowest BCUT2D eigenvalue weighted by atomic mass is 9.90. The molecule has 0 saturated heterocycles. The summed E-state index contributed by atoms with van der Waals surface area (Å²) in [4.78, 5) is 4.89. The lowest BCUT2D eigenvalue weighted by Crippen LogP contribution is -2.07. The number of anilines is 2. The van der Waals surface area contributed by atoms with Crippen molar-refractivity contribution in [1.82, 2.24) is 4.98 Å². The third-order valence-electron chi connectivity index (χ3n) is 5.15. The molecule has 4 nitrogen and oxygen atoms in total. The molecular weight excluding hydrogens is 308 g/mol. The van der Waals surface area contributed by atoms with E-state index in [1.165, 1.54) is 36.6 Å². The molecule has 5 heteroatoms. The van der Waals surface area contributed by atoms with E-state index in [9.17, 15) is 8.42 Å². The molecule has 0 radical (unpaired) electrons. The number of sulfone groups is 1. The fourth-order valence-corrected chi connectivity index (χ4v) is 4.83. The van der Waals surface area contributed by atoms with Gasteiger partial charge in [-0.15, -0.1) is 0 Å². The quantitative estimate of drug-likeness (QED) is 0.928. The Bertz CT molecular complexity index is 890. The maximum atomic E-state index is 11.7. The van der Waals surface area contributed by atoms with E-state index in [-0.39, 0.29) is 0 Å². The lowest BCUT2D eigenvalue weighted by molar-refractivity contribution is 0.602. The van der Waals surface area contributed by atoms with E-state index in [4.69, 9.17) is 0 Å². The van der Waals surface area contributed by atoms with Crippen molar-refractivity contribution in [3.63, 3.8) is 0 Å². The standard InChI is InChI=1S/C18H20N2O2S/c1-11-17-12-6-7-13(8-12)18(17)16(10-19-11)20-14-4-3-5-15(9-14)23(2,21)22/h3-5,9-10,12-13,20H,6-8H2,1-2H3. The first-order valence-electron chi connectivity index (χ1n) is 8.00. The lowest BCUT2D eigenvalue weighted by Gasteiger charge is -2.21. The summed E-state index contributed by atoms with van der Waals surface area (Å²) in [7, 11) is -3.20. The predicted molar refractivity (Wildman–Crippen MR) is 91.1 cm³/mol. The molecule has 2 unspecified atom stereocenters. The second kappa shape index (κ2) is 5.06. The van der Waals surface area contributed by atoms with Crippen molar-refractivity contribution in [3.8, 4) is 0 Å². The van der Waals surface area contributed by atoms with Crippen LogP contribution < -0.4 is 5.32 Å². The number of hydrogen-bond acceptors (Lipinski definition) is 4. The fraction of sp³-hybridized carbons (Fsp3) is 0.389. The van der Waals surface area contributed by atoms with Gasteiger partial charge in [-0.2, -0.15) is 0 Å². The molecule has 2 atom stereocenters. The van der Waals surface area contributed by atoms with Gasteiger partial charge in [0.15, 0.2) is 9.84 Å². The first kappa shape index (κ1) is 14.7. The summed E-state index contributed by atoms with van der Waals surface area (Å²) in [6, 6.07) is 6.98. The van der Waals surface area contributed by atoms with Gasteiger partial charge in [-0.1, -0.05) is 6.07 Å². The minimum Gasteiger partial charge on any atom is -0.354 e. The van der Waals surface area contributed by atoms with Crippen molar-refractivity contribution in [1.29, 1.82) is 0 Å². The number of aryl methyl sites for hydroxylation is 1. The maximum absolute atomic E-state index is 11.7. The van der Waals surface area contributed by atoms with E-state index in [1.807, 2.05) is 12.3 Å². The van der Waals surface area contributed by atoms with Gasteiger partial charge < -0.3 is 5.32 Å². The van der Waals surface area contributed by atoms with Gasteiger partial charge in [0.2, 0.25) is 0 Å². The Morgan fingerprint density at radius 3 is 2.65 bits per heavy atom. The molecule has 1 fully saturated rings. The first-order valence-corrected chi connectivity index (χ1v) is 9.89. The summed E-state index contributed by atoms with van der Waals surface area (Å²) in [6.07, 6.45) is 6.88. The normalized spacial score (nSPS) is 22.2. The van der Waals surface area contributed by atoms with Gasteiger partial charge in [-0.25, -0.2) is 8.42 Å². The van der Waals surface area contributed by atoms with Crippen molar-refractivity contribution in [2.24, 2.45) is 0 Å². The maximum Gasteiger partial charge on any atom is 0.175 e. The Hall–Kier alpha value is -1.88. The highest BCUT2D eigenvalue weighted by atomic mass is 32.2. The van der Waals surface area contributed by atoms with E-state index in [0.29, 0.717) is 16.7 Å². The van der Waals surface area contributed by atoms with Crippen LogP contribution in [0, 0.1) is 6.92 Å². The second-order valence-corrected chi connectivity index (χ2v) is 8.73. The molecular formula is C18H20N2O2S. The number of nitrogens with one attached hydrogen (secondary N) is 1. The Labute approximate surface area is 136 Å². The van der Waals surface area contributed by atoms with Crippen molar-refractivity contribution in [3.05, 3.63) is 47.3 Å². The number of benzene rings is 1. The highest BCUT2D eigenvalue weighted by Gasteiger charge is 2.40. The number of aromatic nitrogens is 1. The summed E-state index contributed by atoms with van der Waals surface area (Å²) in [5.74, 6) is 1.28. The smallest absolute Gasteiger partial charge is 0.175 e. The topological polar surface area (TPSA) is 59.1 Å². The molecule has 0 aliphatic heterocycles. The van der Waals surface area contributed by atoms with Crippen LogP contribution in [0.3, 0.4) is 0 Å². The largest absolute Gasteiger partial charge is 0.354 e. The predicted octanol–water partition coefficient (Wildman–Crippen LogP) is 3.90. The third-order valence-corrected chi connectivity index (χ3v) is 6.26. The van der Waals surface area contributed by atoms with Crippen LogP contribution in [0.4, 0.5) is 11.4 Å². The number of hydrogen-bond donors (Lipinski definition) is 1. The molecule has 1 heterocycles. The highest BCUT2D eigenvalue weighted by Crippen LogP contribution is 2.56. The summed E-state index contributed by atoms with van der Waals surface area (Å²) in [5, 5.41) is 3.40. The molecule has 1 N–H and O–H groups in total. The van der Waals surface area contributed by atoms with Crippen molar-refractivity contribution in [2.45, 2.75) is 42.9 Å². The van der Waals surface area contributed by atoms with E-state index in [0.717, 1.165) is 17.1 Å². The van der Waals surface area contributed by atoms with Gasteiger partial charge in [-0.05, 0) is 67.3 Å². The Kier molecular flexibility index (Phi) is 3.23. The third kappa shape index (κ3) is 2.43. The molecule has 120 valence electrons. The molecule has 2 bridgehead atoms. The molecule has 2 aliphatic carbocycles. The van der Waals surface area contributed by atoms with Crippen LogP contribution in [0.15, 0.2) is 35.4 Å². The molecule has 0 amide bonds. The molecule has 2 aromatic rings. The summed E-state index contributed by atoms with van der Waals surface area (Å²) >= 11 is 0. The van der Waals surface area contributed by atoms with Crippen LogP contribution in [-0.4, -0.2) is 19.7 Å². The molecule has 1 aromatic carbocycles. The minimum atomic E-state index is -3.20. The molecule has 1 saturated carbocycles. The van der Waals surface area contributed by atoms with Crippen molar-refractivity contribution >= 4 is 21.2 Å². The SMILES string of the molecule is Cc1ncc(Nc2cccc(S(C)(=O)=O)c2)c2c1C1CCC2C1. The van der Waals surface area contributed by atoms with Crippen molar-refractivity contribution < 1.29 is 8.42 Å². The Morgan fingerprint density at radius 1 is 1.17 bits per heavy atom. The van der Waals surface area contributed by atoms with Gasteiger partial charge in [0.05, 0.1) is 16.8 Å². The zero-order chi connectivity index (χ0) is 16.2. The minimum absolute atomic E-state index is 0.334. The van der Waals surface area contributed by atoms with Gasteiger partial charge in [0, 0.05) is 17.6 Å². The van der Waals surface area contributed by atoms with Crippen LogP contribution in [0.5, 0.6) is 0 Å². The van der Waals surface area contributed by atoms with Crippen LogP contribution >= 0.6 is 0 Å². The van der Waals surface area contributed by atoms with E-state index in [1.54, 1.807) is 18.2 Å². The van der Waals surface area contributed by atoms with Crippen LogP contribution in [0.2, 0.25) is 0 Å². The number of fused-ring (bicyclic) bond motifs is 5. The van der Waals surface area contributed by atoms with Crippen LogP contribution in [0.25, 0.3) is 0 Å². The van der Waals surface area contributed by atoms with Crippen LogP contribution in [-0.2, 0) is 9.84 Å². The Balaban J connectivity index is 1.74. The zero-order valence-electron chi connectivity index (χ0n) is 13.3. The molecule has 1 aromatic heterocycles. The van der Waals surface area contributed by atoms with Crippen molar-refractivity contribution in [2.75, 3.05) is 11.6 Å². The van der Waals surface area contributed by atoms with Gasteiger partial charge in [0.25, 0.3) is 0 Å². The molecule has 23 heavy (non-hydrogen) atoms. The summed E-state index contributed by atoms with van der Waals surface area (Å²) in [6.45, 7) is 2.09. The average Bonchev–Trinajstić information content (AvgIpc) is 3.11. The first-order chi connectivity index (χ1) is 10.9. The fourth-order valence-electron chi connectivity index (χ4n) is 4.16. The van der Waals surface area contributed by atoms with Gasteiger partial charge in [0.1, 0.15) is 0 Å². The molecule has 2 aliphatic rings. The zero-order valence-corrected chi connectivity index (χ0v) is 14.2. The Morgan fingerprint density at radius 2 is 1.91 bits per heavy atom. The summed E-state index contributed by atoms with van der Waals surface area (Å²) < 4.78 is 23.5. The molecule has 4 rings (SSSR count). The van der Waals surface area contributed by atoms with E-state index >= 15 is 0 Å². The monoisotopic (exact) mass is 328 g/mol. The van der Waals surface area contributed by atoms with Gasteiger partial charge in [-0.3, -0.25) is 4.98 Å². The van der Waals surface area contributed by atoms with E-state index in [2.05, 4.69) is 17.2 Å². The number of pyridine rings is 1.